The average molecular weight is 233 g/mol. The molecule has 0 aliphatic heterocycles. The lowest BCUT2D eigenvalue weighted by atomic mass is 9.80. The van der Waals surface area contributed by atoms with Gasteiger partial charge in [0.05, 0.1) is 7.11 Å². The SMILES string of the molecule is COc1ccc([C@H](N)C2CCCCC2)c(C)c1. The normalized spacial score (nSPS) is 19.0. The van der Waals surface area contributed by atoms with Crippen molar-refractivity contribution in [1.29, 1.82) is 0 Å². The van der Waals surface area contributed by atoms with E-state index in [1.807, 2.05) is 6.07 Å². The summed E-state index contributed by atoms with van der Waals surface area (Å²) in [4.78, 5) is 0. The van der Waals surface area contributed by atoms with Gasteiger partial charge in [0, 0.05) is 6.04 Å². The van der Waals surface area contributed by atoms with E-state index < -0.39 is 0 Å². The van der Waals surface area contributed by atoms with E-state index in [1.165, 1.54) is 43.2 Å². The van der Waals surface area contributed by atoms with Gasteiger partial charge in [-0.05, 0) is 48.9 Å². The van der Waals surface area contributed by atoms with Crippen molar-refractivity contribution in [1.82, 2.24) is 0 Å². The molecule has 2 heteroatoms. The Morgan fingerprint density at radius 3 is 2.53 bits per heavy atom. The van der Waals surface area contributed by atoms with Gasteiger partial charge in [-0.1, -0.05) is 25.3 Å². The summed E-state index contributed by atoms with van der Waals surface area (Å²) in [6.07, 6.45) is 6.63. The standard InChI is InChI=1S/C15H23NO/c1-11-10-13(17-2)8-9-14(11)15(16)12-6-4-3-5-7-12/h8-10,12,15H,3-7,16H2,1-2H3/t15-/m1/s1. The predicted molar refractivity (Wildman–Crippen MR) is 71.2 cm³/mol. The number of hydrogen-bond donors (Lipinski definition) is 1. The largest absolute Gasteiger partial charge is 0.497 e. The minimum atomic E-state index is 0.196. The lowest BCUT2D eigenvalue weighted by molar-refractivity contribution is 0.307. The minimum absolute atomic E-state index is 0.196. The number of hydrogen-bond acceptors (Lipinski definition) is 2. The summed E-state index contributed by atoms with van der Waals surface area (Å²) >= 11 is 0. The molecule has 1 atom stereocenters. The highest BCUT2D eigenvalue weighted by Gasteiger charge is 2.22. The number of methoxy groups -OCH3 is 1. The molecule has 1 fully saturated rings. The van der Waals surface area contributed by atoms with E-state index in [1.54, 1.807) is 7.11 Å². The third kappa shape index (κ3) is 2.81. The van der Waals surface area contributed by atoms with Gasteiger partial charge in [0.25, 0.3) is 0 Å². The van der Waals surface area contributed by atoms with Crippen LogP contribution in [0.2, 0.25) is 0 Å². The lowest BCUT2D eigenvalue weighted by Gasteiger charge is -2.28. The van der Waals surface area contributed by atoms with Crippen molar-refractivity contribution in [3.8, 4) is 5.75 Å². The van der Waals surface area contributed by atoms with Crippen molar-refractivity contribution in [3.05, 3.63) is 29.3 Å². The Morgan fingerprint density at radius 1 is 1.24 bits per heavy atom. The monoisotopic (exact) mass is 233 g/mol. The molecule has 2 rings (SSSR count). The number of aryl methyl sites for hydroxylation is 1. The molecule has 0 amide bonds. The second-order valence-corrected chi connectivity index (χ2v) is 5.15. The summed E-state index contributed by atoms with van der Waals surface area (Å²) in [7, 11) is 1.70. The van der Waals surface area contributed by atoms with Crippen LogP contribution in [-0.4, -0.2) is 7.11 Å². The van der Waals surface area contributed by atoms with E-state index in [4.69, 9.17) is 10.5 Å². The fourth-order valence-corrected chi connectivity index (χ4v) is 2.90. The summed E-state index contributed by atoms with van der Waals surface area (Å²) in [6.45, 7) is 2.13. The lowest BCUT2D eigenvalue weighted by Crippen LogP contribution is -2.24. The first-order valence-corrected chi connectivity index (χ1v) is 6.62. The van der Waals surface area contributed by atoms with Gasteiger partial charge in [-0.2, -0.15) is 0 Å². The van der Waals surface area contributed by atoms with Crippen molar-refractivity contribution in [2.45, 2.75) is 45.1 Å². The highest BCUT2D eigenvalue weighted by atomic mass is 16.5. The summed E-state index contributed by atoms with van der Waals surface area (Å²) < 4.78 is 5.23. The quantitative estimate of drug-likeness (QED) is 0.866. The maximum Gasteiger partial charge on any atom is 0.119 e. The zero-order valence-electron chi connectivity index (χ0n) is 10.9. The highest BCUT2D eigenvalue weighted by molar-refractivity contribution is 5.36. The van der Waals surface area contributed by atoms with Crippen LogP contribution in [0.3, 0.4) is 0 Å². The van der Waals surface area contributed by atoms with Crippen LogP contribution in [0, 0.1) is 12.8 Å². The van der Waals surface area contributed by atoms with Crippen molar-refractivity contribution >= 4 is 0 Å². The van der Waals surface area contributed by atoms with E-state index in [0.717, 1.165) is 5.75 Å². The molecule has 17 heavy (non-hydrogen) atoms. The Bertz CT molecular complexity index is 369. The Kier molecular flexibility index (Phi) is 4.06. The Hall–Kier alpha value is -1.02. The van der Waals surface area contributed by atoms with Gasteiger partial charge >= 0.3 is 0 Å². The number of nitrogens with two attached hydrogens (primary N) is 1. The van der Waals surface area contributed by atoms with Crippen LogP contribution in [0.5, 0.6) is 5.75 Å². The molecule has 2 N–H and O–H groups in total. The Balaban J connectivity index is 2.15. The van der Waals surface area contributed by atoms with Crippen LogP contribution in [0.4, 0.5) is 0 Å². The van der Waals surface area contributed by atoms with E-state index in [2.05, 4.69) is 19.1 Å². The maximum atomic E-state index is 6.42. The van der Waals surface area contributed by atoms with Crippen molar-refractivity contribution < 1.29 is 4.74 Å². The van der Waals surface area contributed by atoms with Crippen LogP contribution >= 0.6 is 0 Å². The molecule has 1 saturated carbocycles. The summed E-state index contributed by atoms with van der Waals surface area (Å²) in [6, 6.07) is 6.43. The molecule has 0 unspecified atom stereocenters. The van der Waals surface area contributed by atoms with Crippen LogP contribution in [0.15, 0.2) is 18.2 Å². The smallest absolute Gasteiger partial charge is 0.119 e. The first kappa shape index (κ1) is 12.4. The molecule has 0 saturated heterocycles. The van der Waals surface area contributed by atoms with Crippen molar-refractivity contribution in [2.75, 3.05) is 7.11 Å². The van der Waals surface area contributed by atoms with Crippen LogP contribution < -0.4 is 10.5 Å². The minimum Gasteiger partial charge on any atom is -0.497 e. The van der Waals surface area contributed by atoms with Gasteiger partial charge < -0.3 is 10.5 Å². The van der Waals surface area contributed by atoms with Gasteiger partial charge in [0.2, 0.25) is 0 Å². The third-order valence-corrected chi connectivity index (χ3v) is 3.99. The van der Waals surface area contributed by atoms with E-state index in [9.17, 15) is 0 Å². The molecule has 94 valence electrons. The maximum absolute atomic E-state index is 6.42. The fourth-order valence-electron chi connectivity index (χ4n) is 2.90. The number of ether oxygens (including phenoxy) is 1. The first-order chi connectivity index (χ1) is 8.22. The van der Waals surface area contributed by atoms with Crippen molar-refractivity contribution in [3.63, 3.8) is 0 Å². The molecule has 1 aromatic carbocycles. The molecule has 1 aliphatic rings. The van der Waals surface area contributed by atoms with Gasteiger partial charge in [-0.25, -0.2) is 0 Å². The zero-order chi connectivity index (χ0) is 12.3. The second-order valence-electron chi connectivity index (χ2n) is 5.15. The molecule has 0 heterocycles. The molecule has 2 nitrogen and oxygen atoms in total. The zero-order valence-corrected chi connectivity index (χ0v) is 10.9. The van der Waals surface area contributed by atoms with Gasteiger partial charge in [0.1, 0.15) is 5.75 Å². The second kappa shape index (κ2) is 5.54. The molecular formula is C15H23NO. The molecular weight excluding hydrogens is 210 g/mol. The topological polar surface area (TPSA) is 35.2 Å². The summed E-state index contributed by atoms with van der Waals surface area (Å²) in [5.74, 6) is 1.58. The molecule has 0 aromatic heterocycles. The first-order valence-electron chi connectivity index (χ1n) is 6.62. The van der Waals surface area contributed by atoms with Gasteiger partial charge in [0.15, 0.2) is 0 Å². The average Bonchev–Trinajstić information content (AvgIpc) is 2.39. The van der Waals surface area contributed by atoms with E-state index in [-0.39, 0.29) is 6.04 Å². The number of benzene rings is 1. The molecule has 0 radical (unpaired) electrons. The molecule has 1 aliphatic carbocycles. The highest BCUT2D eigenvalue weighted by Crippen LogP contribution is 2.34. The van der Waals surface area contributed by atoms with Crippen LogP contribution in [-0.2, 0) is 0 Å². The predicted octanol–water partition coefficient (Wildman–Crippen LogP) is 3.58. The summed E-state index contributed by atoms with van der Waals surface area (Å²) in [5, 5.41) is 0. The molecule has 0 spiro atoms. The Morgan fingerprint density at radius 2 is 1.94 bits per heavy atom. The van der Waals surface area contributed by atoms with Gasteiger partial charge in [-0.15, -0.1) is 0 Å². The van der Waals surface area contributed by atoms with Crippen LogP contribution in [0.1, 0.15) is 49.3 Å². The third-order valence-electron chi connectivity index (χ3n) is 3.99. The van der Waals surface area contributed by atoms with Crippen LogP contribution in [0.25, 0.3) is 0 Å². The van der Waals surface area contributed by atoms with E-state index >= 15 is 0 Å². The summed E-state index contributed by atoms with van der Waals surface area (Å²) in [5.41, 5.74) is 8.96. The number of rotatable bonds is 3. The Labute approximate surface area is 104 Å². The van der Waals surface area contributed by atoms with Crippen molar-refractivity contribution in [2.24, 2.45) is 11.7 Å². The van der Waals surface area contributed by atoms with Gasteiger partial charge in [-0.3, -0.25) is 0 Å². The molecule has 1 aromatic rings. The van der Waals surface area contributed by atoms with E-state index in [0.29, 0.717) is 5.92 Å². The molecule has 0 bridgehead atoms. The fraction of sp³-hybridized carbons (Fsp3) is 0.600.